The molecule has 0 aliphatic rings. The molecule has 0 saturated carbocycles. The molecule has 16 heavy (non-hydrogen) atoms. The van der Waals surface area contributed by atoms with Crippen molar-refractivity contribution in [2.45, 2.75) is 30.0 Å². The maximum absolute atomic E-state index is 3.50. The van der Waals surface area contributed by atoms with Crippen molar-refractivity contribution >= 4 is 23.5 Å². The lowest BCUT2D eigenvalue weighted by molar-refractivity contribution is 0.591. The van der Waals surface area contributed by atoms with E-state index in [0.29, 0.717) is 4.75 Å². The molecule has 3 heteroatoms. The molecular weight excluding hydrogens is 234 g/mol. The molecule has 0 aromatic heterocycles. The molecule has 0 spiro atoms. The first-order valence-electron chi connectivity index (χ1n) is 5.46. The summed E-state index contributed by atoms with van der Waals surface area (Å²) in [6.07, 6.45) is 4.27. The van der Waals surface area contributed by atoms with Gasteiger partial charge in [-0.1, -0.05) is 12.1 Å². The minimum atomic E-state index is 0.319. The van der Waals surface area contributed by atoms with Crippen LogP contribution >= 0.6 is 23.5 Å². The van der Waals surface area contributed by atoms with E-state index in [1.165, 1.54) is 10.5 Å². The lowest BCUT2D eigenvalue weighted by atomic mass is 10.2. The van der Waals surface area contributed by atoms with Crippen LogP contribution in [0.1, 0.15) is 19.4 Å². The van der Waals surface area contributed by atoms with E-state index < -0.39 is 0 Å². The lowest BCUT2D eigenvalue weighted by Gasteiger charge is -2.22. The van der Waals surface area contributed by atoms with E-state index in [-0.39, 0.29) is 0 Å². The van der Waals surface area contributed by atoms with Crippen LogP contribution in [0.15, 0.2) is 29.2 Å². The van der Waals surface area contributed by atoms with Crippen LogP contribution in [0.25, 0.3) is 0 Å². The quantitative estimate of drug-likeness (QED) is 0.780. The van der Waals surface area contributed by atoms with Gasteiger partial charge in [-0.05, 0) is 44.1 Å². The van der Waals surface area contributed by atoms with Crippen molar-refractivity contribution < 1.29 is 0 Å². The molecule has 1 rings (SSSR count). The largest absolute Gasteiger partial charge is 0.311 e. The number of rotatable bonds is 6. The van der Waals surface area contributed by atoms with E-state index in [4.69, 9.17) is 0 Å². The summed E-state index contributed by atoms with van der Waals surface area (Å²) in [4.78, 5) is 1.33. The second-order valence-electron chi connectivity index (χ2n) is 4.42. The van der Waals surface area contributed by atoms with Gasteiger partial charge in [0.25, 0.3) is 0 Å². The number of benzene rings is 1. The van der Waals surface area contributed by atoms with Crippen LogP contribution in [0.5, 0.6) is 0 Å². The molecule has 1 aromatic rings. The highest BCUT2D eigenvalue weighted by Crippen LogP contribution is 2.20. The van der Waals surface area contributed by atoms with E-state index in [9.17, 15) is 0 Å². The van der Waals surface area contributed by atoms with Crippen LogP contribution in [0.3, 0.4) is 0 Å². The molecule has 1 aromatic carbocycles. The first-order valence-corrected chi connectivity index (χ1v) is 7.91. The van der Waals surface area contributed by atoms with Gasteiger partial charge in [0.1, 0.15) is 0 Å². The number of hydrogen-bond donors (Lipinski definition) is 1. The highest BCUT2D eigenvalue weighted by molar-refractivity contribution is 8.00. The fourth-order valence-electron chi connectivity index (χ4n) is 1.32. The van der Waals surface area contributed by atoms with Gasteiger partial charge >= 0.3 is 0 Å². The summed E-state index contributed by atoms with van der Waals surface area (Å²) < 4.78 is 0.319. The van der Waals surface area contributed by atoms with Crippen molar-refractivity contribution in [3.8, 4) is 0 Å². The number of hydrogen-bond acceptors (Lipinski definition) is 3. The summed E-state index contributed by atoms with van der Waals surface area (Å²) in [5.41, 5.74) is 1.36. The summed E-state index contributed by atoms with van der Waals surface area (Å²) in [6, 6.07) is 8.76. The van der Waals surface area contributed by atoms with Crippen molar-refractivity contribution in [1.29, 1.82) is 0 Å². The monoisotopic (exact) mass is 255 g/mol. The molecule has 1 nitrogen and oxygen atoms in total. The molecule has 0 atom stereocenters. The molecular formula is C13H21NS2. The van der Waals surface area contributed by atoms with Gasteiger partial charge in [0.05, 0.1) is 0 Å². The Morgan fingerprint density at radius 1 is 1.12 bits per heavy atom. The van der Waals surface area contributed by atoms with E-state index in [1.54, 1.807) is 11.8 Å². The van der Waals surface area contributed by atoms with Crippen molar-refractivity contribution in [2.75, 3.05) is 19.1 Å². The predicted molar refractivity (Wildman–Crippen MR) is 77.5 cm³/mol. The van der Waals surface area contributed by atoms with Crippen molar-refractivity contribution in [2.24, 2.45) is 0 Å². The average molecular weight is 255 g/mol. The van der Waals surface area contributed by atoms with Crippen LogP contribution in [-0.4, -0.2) is 23.8 Å². The molecule has 0 saturated heterocycles. The van der Waals surface area contributed by atoms with E-state index >= 15 is 0 Å². The normalized spacial score (nSPS) is 11.8. The van der Waals surface area contributed by atoms with Crippen LogP contribution in [0.2, 0.25) is 0 Å². The van der Waals surface area contributed by atoms with Gasteiger partial charge in [0, 0.05) is 22.7 Å². The summed E-state index contributed by atoms with van der Waals surface area (Å²) >= 11 is 3.69. The van der Waals surface area contributed by atoms with Crippen molar-refractivity contribution in [3.05, 3.63) is 29.8 Å². The molecule has 0 aliphatic heterocycles. The van der Waals surface area contributed by atoms with Crippen LogP contribution in [0.4, 0.5) is 0 Å². The fourth-order valence-corrected chi connectivity index (χ4v) is 1.98. The molecule has 0 radical (unpaired) electrons. The third-order valence-electron chi connectivity index (χ3n) is 2.59. The van der Waals surface area contributed by atoms with E-state index in [0.717, 1.165) is 13.1 Å². The molecule has 90 valence electrons. The van der Waals surface area contributed by atoms with E-state index in [2.05, 4.69) is 55.9 Å². The Labute approximate surface area is 108 Å². The van der Waals surface area contributed by atoms with Gasteiger partial charge in [0.15, 0.2) is 0 Å². The first-order chi connectivity index (χ1) is 7.57. The zero-order chi connectivity index (χ0) is 12.0. The first kappa shape index (κ1) is 13.9. The van der Waals surface area contributed by atoms with Gasteiger partial charge in [-0.25, -0.2) is 0 Å². The highest BCUT2D eigenvalue weighted by atomic mass is 32.2. The van der Waals surface area contributed by atoms with E-state index in [1.807, 2.05) is 11.8 Å². The van der Waals surface area contributed by atoms with Gasteiger partial charge in [0.2, 0.25) is 0 Å². The Morgan fingerprint density at radius 3 is 2.25 bits per heavy atom. The Bertz CT molecular complexity index is 306. The van der Waals surface area contributed by atoms with Gasteiger partial charge < -0.3 is 5.32 Å². The summed E-state index contributed by atoms with van der Waals surface area (Å²) in [5.74, 6) is 0. The Balaban J connectivity index is 2.37. The van der Waals surface area contributed by atoms with Crippen LogP contribution in [0, 0.1) is 0 Å². The second-order valence-corrected chi connectivity index (χ2v) is 6.81. The summed E-state index contributed by atoms with van der Waals surface area (Å²) in [6.45, 7) is 6.53. The Kier molecular flexibility index (Phi) is 5.73. The van der Waals surface area contributed by atoms with Crippen LogP contribution in [-0.2, 0) is 6.54 Å². The molecule has 0 unspecified atom stereocenters. The smallest absolute Gasteiger partial charge is 0.0225 e. The lowest BCUT2D eigenvalue weighted by Crippen LogP contribution is -2.31. The highest BCUT2D eigenvalue weighted by Gasteiger charge is 2.14. The predicted octanol–water partition coefficient (Wildman–Crippen LogP) is 3.64. The molecule has 0 amide bonds. The van der Waals surface area contributed by atoms with Gasteiger partial charge in [-0.3, -0.25) is 0 Å². The van der Waals surface area contributed by atoms with Gasteiger partial charge in [-0.15, -0.1) is 11.8 Å². The molecule has 0 bridgehead atoms. The fraction of sp³-hybridized carbons (Fsp3) is 0.538. The maximum atomic E-state index is 3.50. The second kappa shape index (κ2) is 6.58. The third kappa shape index (κ3) is 4.81. The Morgan fingerprint density at radius 2 is 1.75 bits per heavy atom. The van der Waals surface area contributed by atoms with Crippen molar-refractivity contribution in [3.63, 3.8) is 0 Å². The van der Waals surface area contributed by atoms with Crippen LogP contribution < -0.4 is 5.32 Å². The average Bonchev–Trinajstić information content (AvgIpc) is 2.30. The molecule has 0 heterocycles. The molecule has 0 fully saturated rings. The molecule has 1 N–H and O–H groups in total. The Hall–Kier alpha value is -0.120. The zero-order valence-electron chi connectivity index (χ0n) is 10.5. The summed E-state index contributed by atoms with van der Waals surface area (Å²) in [7, 11) is 0. The summed E-state index contributed by atoms with van der Waals surface area (Å²) in [5, 5.41) is 3.50. The topological polar surface area (TPSA) is 12.0 Å². The number of thioether (sulfide) groups is 2. The third-order valence-corrected chi connectivity index (χ3v) is 4.58. The minimum absolute atomic E-state index is 0.319. The molecule has 0 aliphatic carbocycles. The van der Waals surface area contributed by atoms with Gasteiger partial charge in [-0.2, -0.15) is 11.8 Å². The standard InChI is InChI=1S/C13H21NS2/c1-13(2,16-4)10-14-9-11-5-7-12(15-3)8-6-11/h5-8,14H,9-10H2,1-4H3. The zero-order valence-corrected chi connectivity index (χ0v) is 12.2. The van der Waals surface area contributed by atoms with Crippen molar-refractivity contribution in [1.82, 2.24) is 5.32 Å². The maximum Gasteiger partial charge on any atom is 0.0225 e. The minimum Gasteiger partial charge on any atom is -0.311 e. The number of nitrogens with one attached hydrogen (secondary N) is 1. The SMILES string of the molecule is CSc1ccc(CNCC(C)(C)SC)cc1.